The Kier molecular flexibility index (Phi) is 6.28. The second kappa shape index (κ2) is 8.23. The summed E-state index contributed by atoms with van der Waals surface area (Å²) in [5.74, 6) is 1.67. The predicted molar refractivity (Wildman–Crippen MR) is 95.6 cm³/mol. The van der Waals surface area contributed by atoms with Crippen molar-refractivity contribution >= 4 is 11.8 Å². The highest BCUT2D eigenvalue weighted by Gasteiger charge is 2.38. The van der Waals surface area contributed by atoms with Gasteiger partial charge in [-0.2, -0.15) is 0 Å². The lowest BCUT2D eigenvalue weighted by atomic mass is 9.98. The molecule has 1 aliphatic rings. The number of hydrogen-bond donors (Lipinski definition) is 0. The van der Waals surface area contributed by atoms with E-state index in [2.05, 4.69) is 13.8 Å². The molecule has 1 heterocycles. The third kappa shape index (κ3) is 4.44. The van der Waals surface area contributed by atoms with Crippen molar-refractivity contribution in [2.75, 3.05) is 27.3 Å². The van der Waals surface area contributed by atoms with Crippen LogP contribution in [0, 0.1) is 5.92 Å². The van der Waals surface area contributed by atoms with Gasteiger partial charge >= 0.3 is 0 Å². The van der Waals surface area contributed by atoms with Gasteiger partial charge in [-0.3, -0.25) is 9.59 Å². The largest absolute Gasteiger partial charge is 0.497 e. The standard InChI is InChI=1S/C19H28N2O4/c1-6-20-12-18(22)21(17(19(20)23)7-13(2)3)11-14-8-15(24-4)10-16(9-14)25-5/h8-10,13,17H,6-7,11-12H2,1-5H3/t17-/m0/s1. The zero-order valence-corrected chi connectivity index (χ0v) is 15.7. The van der Waals surface area contributed by atoms with Gasteiger partial charge in [0.1, 0.15) is 17.5 Å². The SMILES string of the molecule is CCN1CC(=O)N(Cc2cc(OC)cc(OC)c2)[C@@H](CC(C)C)C1=O. The lowest BCUT2D eigenvalue weighted by molar-refractivity contribution is -0.157. The second-order valence-corrected chi connectivity index (χ2v) is 6.74. The topological polar surface area (TPSA) is 59.1 Å². The first kappa shape index (κ1) is 19.1. The number of carbonyl (C=O) groups is 2. The molecule has 1 saturated heterocycles. The summed E-state index contributed by atoms with van der Waals surface area (Å²) in [4.78, 5) is 28.8. The van der Waals surface area contributed by atoms with Crippen molar-refractivity contribution in [2.45, 2.75) is 39.8 Å². The Hall–Kier alpha value is -2.24. The highest BCUT2D eigenvalue weighted by Crippen LogP contribution is 2.26. The molecule has 25 heavy (non-hydrogen) atoms. The van der Waals surface area contributed by atoms with Crippen LogP contribution in [0.3, 0.4) is 0 Å². The van der Waals surface area contributed by atoms with Gasteiger partial charge in [-0.1, -0.05) is 13.8 Å². The van der Waals surface area contributed by atoms with Crippen LogP contribution in [-0.2, 0) is 16.1 Å². The number of rotatable bonds is 7. The Labute approximate surface area is 149 Å². The van der Waals surface area contributed by atoms with Crippen molar-refractivity contribution in [3.8, 4) is 11.5 Å². The molecule has 0 spiro atoms. The van der Waals surface area contributed by atoms with Crippen LogP contribution in [0.2, 0.25) is 0 Å². The molecule has 0 N–H and O–H groups in total. The average molecular weight is 348 g/mol. The molecule has 2 rings (SSSR count). The van der Waals surface area contributed by atoms with Gasteiger partial charge in [-0.05, 0) is 37.0 Å². The van der Waals surface area contributed by atoms with E-state index in [-0.39, 0.29) is 18.4 Å². The highest BCUT2D eigenvalue weighted by atomic mass is 16.5. The fourth-order valence-corrected chi connectivity index (χ4v) is 3.14. The molecule has 1 aromatic carbocycles. The van der Waals surface area contributed by atoms with E-state index in [1.807, 2.05) is 19.1 Å². The molecule has 1 fully saturated rings. The normalized spacial score (nSPS) is 18.1. The number of likely N-dealkylation sites (N-methyl/N-ethyl adjacent to an activating group) is 1. The molecule has 1 aliphatic heterocycles. The van der Waals surface area contributed by atoms with E-state index in [0.717, 1.165) is 5.56 Å². The number of hydrogen-bond acceptors (Lipinski definition) is 4. The first-order valence-corrected chi connectivity index (χ1v) is 8.69. The minimum atomic E-state index is -0.418. The van der Waals surface area contributed by atoms with E-state index in [1.54, 1.807) is 30.1 Å². The van der Waals surface area contributed by atoms with Crippen LogP contribution in [0.15, 0.2) is 18.2 Å². The fraction of sp³-hybridized carbons (Fsp3) is 0.579. The van der Waals surface area contributed by atoms with E-state index >= 15 is 0 Å². The van der Waals surface area contributed by atoms with Gasteiger partial charge in [0, 0.05) is 19.2 Å². The second-order valence-electron chi connectivity index (χ2n) is 6.74. The average Bonchev–Trinajstić information content (AvgIpc) is 2.60. The zero-order chi connectivity index (χ0) is 18.6. The molecule has 6 heteroatoms. The number of amides is 2. The maximum Gasteiger partial charge on any atom is 0.245 e. The van der Waals surface area contributed by atoms with Crippen molar-refractivity contribution in [1.82, 2.24) is 9.80 Å². The van der Waals surface area contributed by atoms with E-state index in [9.17, 15) is 9.59 Å². The third-order valence-electron chi connectivity index (χ3n) is 4.46. The summed E-state index contributed by atoms with van der Waals surface area (Å²) >= 11 is 0. The summed E-state index contributed by atoms with van der Waals surface area (Å²) in [7, 11) is 3.18. The van der Waals surface area contributed by atoms with Crippen molar-refractivity contribution in [3.05, 3.63) is 23.8 Å². The van der Waals surface area contributed by atoms with Gasteiger partial charge in [0.15, 0.2) is 0 Å². The van der Waals surface area contributed by atoms with Gasteiger partial charge < -0.3 is 19.3 Å². The number of piperazine rings is 1. The summed E-state index contributed by atoms with van der Waals surface area (Å²) < 4.78 is 10.6. The van der Waals surface area contributed by atoms with Crippen LogP contribution in [0.4, 0.5) is 0 Å². The number of nitrogens with zero attached hydrogens (tertiary/aromatic N) is 2. The molecule has 6 nitrogen and oxygen atoms in total. The third-order valence-corrected chi connectivity index (χ3v) is 4.46. The number of carbonyl (C=O) groups excluding carboxylic acids is 2. The summed E-state index contributed by atoms with van der Waals surface area (Å²) in [6.45, 7) is 7.10. The van der Waals surface area contributed by atoms with Crippen LogP contribution in [0.5, 0.6) is 11.5 Å². The van der Waals surface area contributed by atoms with Crippen LogP contribution in [-0.4, -0.2) is 55.0 Å². The monoisotopic (exact) mass is 348 g/mol. The lowest BCUT2D eigenvalue weighted by Gasteiger charge is -2.40. The Morgan fingerprint density at radius 3 is 2.20 bits per heavy atom. The molecule has 0 aromatic heterocycles. The van der Waals surface area contributed by atoms with Gasteiger partial charge in [-0.25, -0.2) is 0 Å². The quantitative estimate of drug-likeness (QED) is 0.759. The summed E-state index contributed by atoms with van der Waals surface area (Å²) in [5.41, 5.74) is 0.885. The number of methoxy groups -OCH3 is 2. The zero-order valence-electron chi connectivity index (χ0n) is 15.7. The molecule has 2 amide bonds. The number of ether oxygens (including phenoxy) is 2. The molecule has 1 aromatic rings. The van der Waals surface area contributed by atoms with Crippen LogP contribution in [0.1, 0.15) is 32.8 Å². The first-order valence-electron chi connectivity index (χ1n) is 8.69. The highest BCUT2D eigenvalue weighted by molar-refractivity contribution is 5.94. The van der Waals surface area contributed by atoms with Gasteiger partial charge in [0.25, 0.3) is 0 Å². The minimum Gasteiger partial charge on any atom is -0.497 e. The smallest absolute Gasteiger partial charge is 0.245 e. The molecular weight excluding hydrogens is 320 g/mol. The predicted octanol–water partition coefficient (Wildman–Crippen LogP) is 2.31. The van der Waals surface area contributed by atoms with Crippen LogP contribution < -0.4 is 9.47 Å². The molecule has 138 valence electrons. The van der Waals surface area contributed by atoms with Crippen molar-refractivity contribution in [2.24, 2.45) is 5.92 Å². The van der Waals surface area contributed by atoms with Crippen molar-refractivity contribution < 1.29 is 19.1 Å². The lowest BCUT2D eigenvalue weighted by Crippen LogP contribution is -2.59. The number of benzene rings is 1. The summed E-state index contributed by atoms with van der Waals surface area (Å²) in [6, 6.07) is 5.12. The Morgan fingerprint density at radius 2 is 1.72 bits per heavy atom. The van der Waals surface area contributed by atoms with Crippen molar-refractivity contribution in [3.63, 3.8) is 0 Å². The molecule has 0 saturated carbocycles. The van der Waals surface area contributed by atoms with Gasteiger partial charge in [-0.15, -0.1) is 0 Å². The molecule has 0 aliphatic carbocycles. The first-order chi connectivity index (χ1) is 11.9. The molecule has 0 radical (unpaired) electrons. The van der Waals surface area contributed by atoms with Crippen LogP contribution >= 0.6 is 0 Å². The Balaban J connectivity index is 2.31. The molecule has 0 unspecified atom stereocenters. The Bertz CT molecular complexity index is 608. The maximum absolute atomic E-state index is 12.8. The maximum atomic E-state index is 12.8. The Morgan fingerprint density at radius 1 is 1.12 bits per heavy atom. The summed E-state index contributed by atoms with van der Waals surface area (Å²) in [5, 5.41) is 0. The summed E-state index contributed by atoms with van der Waals surface area (Å²) in [6.07, 6.45) is 0.655. The van der Waals surface area contributed by atoms with Crippen molar-refractivity contribution in [1.29, 1.82) is 0 Å². The molecule has 0 bridgehead atoms. The van der Waals surface area contributed by atoms with E-state index in [0.29, 0.717) is 36.9 Å². The minimum absolute atomic E-state index is 0.0195. The van der Waals surface area contributed by atoms with Crippen LogP contribution in [0.25, 0.3) is 0 Å². The molecular formula is C19H28N2O4. The molecule has 1 atom stereocenters. The van der Waals surface area contributed by atoms with Gasteiger partial charge in [0.2, 0.25) is 11.8 Å². The van der Waals surface area contributed by atoms with E-state index < -0.39 is 6.04 Å². The van der Waals surface area contributed by atoms with E-state index in [4.69, 9.17) is 9.47 Å². The fourth-order valence-electron chi connectivity index (χ4n) is 3.14. The van der Waals surface area contributed by atoms with Gasteiger partial charge in [0.05, 0.1) is 20.8 Å². The van der Waals surface area contributed by atoms with E-state index in [1.165, 1.54) is 0 Å².